The van der Waals surface area contributed by atoms with Crippen molar-refractivity contribution in [3.05, 3.63) is 35.1 Å². The molecule has 0 fully saturated rings. The van der Waals surface area contributed by atoms with Crippen LogP contribution in [0.15, 0.2) is 35.1 Å². The smallest absolute Gasteiger partial charge is 0.144 e. The zero-order valence-electron chi connectivity index (χ0n) is 7.12. The van der Waals surface area contributed by atoms with Gasteiger partial charge in [0.15, 0.2) is 0 Å². The number of rotatable bonds is 1. The van der Waals surface area contributed by atoms with Crippen LogP contribution in [0.2, 0.25) is 0 Å². The van der Waals surface area contributed by atoms with E-state index in [1.165, 1.54) is 0 Å². The monoisotopic (exact) mass is 237 g/mol. The molecule has 13 heavy (non-hydrogen) atoms. The first-order valence-corrected chi connectivity index (χ1v) is 4.68. The van der Waals surface area contributed by atoms with Gasteiger partial charge in [-0.1, -0.05) is 22.0 Å². The number of benzene rings is 1. The Balaban J connectivity index is 2.79. The molecule has 0 spiro atoms. The van der Waals surface area contributed by atoms with Crippen molar-refractivity contribution in [2.45, 2.75) is 0 Å². The molecule has 1 aromatic carbocycles. The molecular weight excluding hydrogens is 230 g/mol. The van der Waals surface area contributed by atoms with Crippen LogP contribution in [0.5, 0.6) is 5.75 Å². The van der Waals surface area contributed by atoms with Crippen LogP contribution in [0.3, 0.4) is 0 Å². The number of hydrogen-bond donors (Lipinski definition) is 0. The fourth-order valence-corrected chi connectivity index (χ4v) is 1.63. The van der Waals surface area contributed by atoms with Crippen molar-refractivity contribution in [2.24, 2.45) is 0 Å². The second-order valence-corrected chi connectivity index (χ2v) is 3.62. The summed E-state index contributed by atoms with van der Waals surface area (Å²) in [5, 5.41) is 2.16. The van der Waals surface area contributed by atoms with Gasteiger partial charge in [0.2, 0.25) is 0 Å². The Labute approximate surface area is 84.7 Å². The molecule has 0 radical (unpaired) electrons. The predicted molar refractivity (Wildman–Crippen MR) is 56.0 cm³/mol. The molecular formula is C10H8BrNO. The zero-order chi connectivity index (χ0) is 9.26. The van der Waals surface area contributed by atoms with Crippen molar-refractivity contribution in [1.82, 2.24) is 4.98 Å². The summed E-state index contributed by atoms with van der Waals surface area (Å²) in [6, 6.07) is 6.02. The summed E-state index contributed by atoms with van der Waals surface area (Å²) in [5.41, 5.74) is 0. The molecule has 66 valence electrons. The van der Waals surface area contributed by atoms with Gasteiger partial charge >= 0.3 is 0 Å². The molecule has 0 aliphatic carbocycles. The van der Waals surface area contributed by atoms with E-state index < -0.39 is 0 Å². The standard InChI is InChI=1S/C10H8BrNO/c1-13-10-6-12-5-7-2-3-8(11)4-9(7)10/h2-6H,1H3. The third kappa shape index (κ3) is 1.52. The molecule has 0 atom stereocenters. The first kappa shape index (κ1) is 8.51. The lowest BCUT2D eigenvalue weighted by molar-refractivity contribution is 0.418. The van der Waals surface area contributed by atoms with E-state index in [1.54, 1.807) is 13.3 Å². The minimum Gasteiger partial charge on any atom is -0.494 e. The summed E-state index contributed by atoms with van der Waals surface area (Å²) < 4.78 is 6.24. The van der Waals surface area contributed by atoms with Crippen molar-refractivity contribution >= 4 is 26.7 Å². The lowest BCUT2D eigenvalue weighted by atomic mass is 10.2. The van der Waals surface area contributed by atoms with Crippen LogP contribution in [0, 0.1) is 0 Å². The molecule has 0 saturated heterocycles. The maximum Gasteiger partial charge on any atom is 0.144 e. The van der Waals surface area contributed by atoms with E-state index in [-0.39, 0.29) is 0 Å². The molecule has 1 heterocycles. The van der Waals surface area contributed by atoms with Crippen molar-refractivity contribution in [3.63, 3.8) is 0 Å². The van der Waals surface area contributed by atoms with Gasteiger partial charge in [-0.25, -0.2) is 0 Å². The molecule has 0 amide bonds. The fourth-order valence-electron chi connectivity index (χ4n) is 1.27. The van der Waals surface area contributed by atoms with E-state index in [4.69, 9.17) is 4.74 Å². The summed E-state index contributed by atoms with van der Waals surface area (Å²) in [6.45, 7) is 0. The molecule has 2 nitrogen and oxygen atoms in total. The molecule has 3 heteroatoms. The number of methoxy groups -OCH3 is 1. The normalized spacial score (nSPS) is 10.3. The Bertz CT molecular complexity index is 442. The van der Waals surface area contributed by atoms with Gasteiger partial charge in [-0.2, -0.15) is 0 Å². The van der Waals surface area contributed by atoms with Crippen LogP contribution in [0.4, 0.5) is 0 Å². The van der Waals surface area contributed by atoms with Gasteiger partial charge in [-0.3, -0.25) is 4.98 Å². The first-order valence-electron chi connectivity index (χ1n) is 3.88. The lowest BCUT2D eigenvalue weighted by Crippen LogP contribution is -1.86. The van der Waals surface area contributed by atoms with Crippen LogP contribution >= 0.6 is 15.9 Å². The summed E-state index contributed by atoms with van der Waals surface area (Å²) in [4.78, 5) is 4.07. The molecule has 0 bridgehead atoms. The summed E-state index contributed by atoms with van der Waals surface area (Å²) in [7, 11) is 1.65. The number of nitrogens with zero attached hydrogens (tertiary/aromatic N) is 1. The Hall–Kier alpha value is -1.09. The molecule has 1 aromatic heterocycles. The molecule has 0 unspecified atom stereocenters. The number of aromatic nitrogens is 1. The Morgan fingerprint density at radius 3 is 2.92 bits per heavy atom. The minimum absolute atomic E-state index is 0.804. The van der Waals surface area contributed by atoms with Gasteiger partial charge in [0, 0.05) is 21.4 Å². The van der Waals surface area contributed by atoms with E-state index in [9.17, 15) is 0 Å². The van der Waals surface area contributed by atoms with Gasteiger partial charge in [-0.15, -0.1) is 0 Å². The SMILES string of the molecule is COc1cncc2ccc(Br)cc12. The van der Waals surface area contributed by atoms with Gasteiger partial charge in [0.05, 0.1) is 13.3 Å². The number of hydrogen-bond acceptors (Lipinski definition) is 2. The van der Waals surface area contributed by atoms with Crippen LogP contribution < -0.4 is 4.74 Å². The summed E-state index contributed by atoms with van der Waals surface area (Å²) in [6.07, 6.45) is 3.54. The second kappa shape index (κ2) is 3.34. The zero-order valence-corrected chi connectivity index (χ0v) is 8.71. The van der Waals surface area contributed by atoms with Gasteiger partial charge < -0.3 is 4.74 Å². The molecule has 2 rings (SSSR count). The highest BCUT2D eigenvalue weighted by Gasteiger charge is 2.00. The third-order valence-electron chi connectivity index (χ3n) is 1.91. The minimum atomic E-state index is 0.804. The second-order valence-electron chi connectivity index (χ2n) is 2.71. The largest absolute Gasteiger partial charge is 0.494 e. The lowest BCUT2D eigenvalue weighted by Gasteiger charge is -2.03. The first-order chi connectivity index (χ1) is 6.31. The van der Waals surface area contributed by atoms with Crippen LogP contribution in [-0.2, 0) is 0 Å². The van der Waals surface area contributed by atoms with E-state index >= 15 is 0 Å². The third-order valence-corrected chi connectivity index (χ3v) is 2.40. The summed E-state index contributed by atoms with van der Waals surface area (Å²) in [5.74, 6) is 0.804. The Morgan fingerprint density at radius 2 is 2.15 bits per heavy atom. The molecule has 0 N–H and O–H groups in total. The molecule has 0 aliphatic heterocycles. The average molecular weight is 238 g/mol. The van der Waals surface area contributed by atoms with Crippen molar-refractivity contribution in [2.75, 3.05) is 7.11 Å². The number of halogens is 1. The maximum atomic E-state index is 5.20. The Kier molecular flexibility index (Phi) is 2.19. The van der Waals surface area contributed by atoms with Crippen LogP contribution in [0.1, 0.15) is 0 Å². The fraction of sp³-hybridized carbons (Fsp3) is 0.100. The van der Waals surface area contributed by atoms with Gasteiger partial charge in [0.25, 0.3) is 0 Å². The van der Waals surface area contributed by atoms with E-state index in [1.807, 2.05) is 24.4 Å². The summed E-state index contributed by atoms with van der Waals surface area (Å²) >= 11 is 3.42. The number of pyridine rings is 1. The number of ether oxygens (including phenoxy) is 1. The average Bonchev–Trinajstić information content (AvgIpc) is 2.17. The van der Waals surface area contributed by atoms with Crippen molar-refractivity contribution in [1.29, 1.82) is 0 Å². The van der Waals surface area contributed by atoms with E-state index in [0.717, 1.165) is 21.0 Å². The van der Waals surface area contributed by atoms with Crippen molar-refractivity contribution in [3.8, 4) is 5.75 Å². The van der Waals surface area contributed by atoms with E-state index in [2.05, 4.69) is 20.9 Å². The topological polar surface area (TPSA) is 22.1 Å². The highest BCUT2D eigenvalue weighted by Crippen LogP contribution is 2.26. The Morgan fingerprint density at radius 1 is 1.31 bits per heavy atom. The maximum absolute atomic E-state index is 5.20. The van der Waals surface area contributed by atoms with E-state index in [0.29, 0.717) is 0 Å². The molecule has 2 aromatic rings. The van der Waals surface area contributed by atoms with Crippen molar-refractivity contribution < 1.29 is 4.74 Å². The van der Waals surface area contributed by atoms with Crippen LogP contribution in [-0.4, -0.2) is 12.1 Å². The predicted octanol–water partition coefficient (Wildman–Crippen LogP) is 3.01. The quantitative estimate of drug-likeness (QED) is 0.761. The van der Waals surface area contributed by atoms with Crippen LogP contribution in [0.25, 0.3) is 10.8 Å². The highest BCUT2D eigenvalue weighted by molar-refractivity contribution is 9.10. The number of fused-ring (bicyclic) bond motifs is 1. The van der Waals surface area contributed by atoms with Gasteiger partial charge in [0.1, 0.15) is 5.75 Å². The molecule has 0 aliphatic rings. The highest BCUT2D eigenvalue weighted by atomic mass is 79.9. The molecule has 0 saturated carbocycles. The van der Waals surface area contributed by atoms with Gasteiger partial charge in [-0.05, 0) is 12.1 Å².